The Hall–Kier alpha value is -2.85. The van der Waals surface area contributed by atoms with Crippen LogP contribution < -0.4 is 14.8 Å². The fourth-order valence-corrected chi connectivity index (χ4v) is 3.11. The Balaban J connectivity index is 1.81. The maximum absolute atomic E-state index is 11.3. The minimum atomic E-state index is -0.927. The average molecular weight is 364 g/mol. The van der Waals surface area contributed by atoms with Gasteiger partial charge in [-0.1, -0.05) is 11.3 Å². The van der Waals surface area contributed by atoms with Gasteiger partial charge in [-0.25, -0.2) is 0 Å². The first-order chi connectivity index (χ1) is 12.0. The molecule has 0 aliphatic carbocycles. The van der Waals surface area contributed by atoms with E-state index in [1.165, 1.54) is 30.0 Å². The van der Waals surface area contributed by atoms with Crippen LogP contribution in [0.15, 0.2) is 29.8 Å². The van der Waals surface area contributed by atoms with Gasteiger partial charge in [0.05, 0.1) is 20.3 Å². The maximum atomic E-state index is 11.3. The minimum Gasteiger partial charge on any atom is -0.497 e. The molecule has 132 valence electrons. The second kappa shape index (κ2) is 6.95. The number of methoxy groups -OCH3 is 2. The van der Waals surface area contributed by atoms with Crippen LogP contribution in [-0.2, 0) is 0 Å². The highest BCUT2D eigenvalue weighted by atomic mass is 32.1. The number of hydrogen-bond donors (Lipinski definition) is 2. The number of aromatic nitrogens is 2. The van der Waals surface area contributed by atoms with Crippen molar-refractivity contribution in [2.24, 2.45) is 0 Å². The van der Waals surface area contributed by atoms with Crippen LogP contribution >= 0.6 is 11.3 Å². The third kappa shape index (κ3) is 3.35. The van der Waals surface area contributed by atoms with E-state index in [0.29, 0.717) is 22.0 Å². The van der Waals surface area contributed by atoms with Crippen molar-refractivity contribution in [1.29, 1.82) is 0 Å². The minimum absolute atomic E-state index is 0.0436. The van der Waals surface area contributed by atoms with Crippen LogP contribution in [-0.4, -0.2) is 40.2 Å². The van der Waals surface area contributed by atoms with Gasteiger partial charge in [-0.05, 0) is 22.6 Å². The quantitative estimate of drug-likeness (QED) is 0.489. The summed E-state index contributed by atoms with van der Waals surface area (Å²) < 4.78 is 11.7. The highest BCUT2D eigenvalue weighted by molar-refractivity contribution is 7.15. The van der Waals surface area contributed by atoms with Crippen LogP contribution in [0.4, 0.5) is 11.6 Å². The van der Waals surface area contributed by atoms with Crippen molar-refractivity contribution in [2.45, 2.75) is 6.10 Å². The smallest absolute Gasteiger partial charge is 0.372 e. The summed E-state index contributed by atoms with van der Waals surface area (Å²) in [5.41, 5.74) is 0.562. The first kappa shape index (κ1) is 17.0. The van der Waals surface area contributed by atoms with Gasteiger partial charge < -0.3 is 30.0 Å². The predicted molar refractivity (Wildman–Crippen MR) is 92.7 cm³/mol. The molecule has 0 saturated heterocycles. The fraction of sp³-hybridized carbons (Fsp3) is 0.267. The van der Waals surface area contributed by atoms with Crippen molar-refractivity contribution >= 4 is 27.9 Å². The number of anilines is 1. The Bertz CT molecular complexity index is 884. The van der Waals surface area contributed by atoms with E-state index in [0.717, 1.165) is 0 Å². The van der Waals surface area contributed by atoms with Gasteiger partial charge >= 0.3 is 5.82 Å². The lowest BCUT2D eigenvalue weighted by molar-refractivity contribution is -0.389. The van der Waals surface area contributed by atoms with Crippen LogP contribution in [0.3, 0.4) is 0 Å². The fourth-order valence-electron chi connectivity index (χ4n) is 2.40. The van der Waals surface area contributed by atoms with Crippen LogP contribution in [0.5, 0.6) is 11.5 Å². The highest BCUT2D eigenvalue weighted by Gasteiger charge is 2.24. The van der Waals surface area contributed by atoms with Gasteiger partial charge in [-0.15, -0.1) is 0 Å². The van der Waals surface area contributed by atoms with Gasteiger partial charge in [0, 0.05) is 18.0 Å². The van der Waals surface area contributed by atoms with Crippen LogP contribution in [0, 0.1) is 10.1 Å². The number of benzene rings is 1. The van der Waals surface area contributed by atoms with Crippen molar-refractivity contribution in [3.63, 3.8) is 0 Å². The molecule has 1 atom stereocenters. The summed E-state index contributed by atoms with van der Waals surface area (Å²) in [5.74, 6) is 1.04. The molecule has 3 aromatic rings. The second-order valence-electron chi connectivity index (χ2n) is 5.14. The zero-order valence-corrected chi connectivity index (χ0v) is 14.3. The zero-order chi connectivity index (χ0) is 18.0. The Kier molecular flexibility index (Phi) is 4.72. The zero-order valence-electron chi connectivity index (χ0n) is 13.5. The van der Waals surface area contributed by atoms with E-state index in [1.54, 1.807) is 29.8 Å². The SMILES string of the molecule is COc1cc(OC)cc(C(O)CNc2nc3sccn3c2[N+](=O)[O-])c1. The van der Waals surface area contributed by atoms with Gasteiger partial charge in [-0.2, -0.15) is 9.38 Å². The van der Waals surface area contributed by atoms with E-state index < -0.39 is 11.0 Å². The molecule has 9 nitrogen and oxygen atoms in total. The van der Waals surface area contributed by atoms with Gasteiger partial charge in [0.2, 0.25) is 5.82 Å². The number of hydrogen-bond acceptors (Lipinski definition) is 8. The number of nitrogens with zero attached hydrogens (tertiary/aromatic N) is 3. The molecule has 1 unspecified atom stereocenters. The number of aliphatic hydroxyl groups excluding tert-OH is 1. The topological polar surface area (TPSA) is 111 Å². The van der Waals surface area contributed by atoms with E-state index in [1.807, 2.05) is 0 Å². The molecule has 0 amide bonds. The predicted octanol–water partition coefficient (Wildman–Crippen LogP) is 2.47. The molecule has 0 bridgehead atoms. The lowest BCUT2D eigenvalue weighted by Crippen LogP contribution is -2.13. The van der Waals surface area contributed by atoms with Crippen LogP contribution in [0.2, 0.25) is 0 Å². The number of nitrogens with one attached hydrogen (secondary N) is 1. The number of aliphatic hydroxyl groups is 1. The average Bonchev–Trinajstić information content (AvgIpc) is 3.19. The summed E-state index contributed by atoms with van der Waals surface area (Å²) in [6.45, 7) is 0.0436. The third-order valence-electron chi connectivity index (χ3n) is 3.63. The van der Waals surface area contributed by atoms with Crippen LogP contribution in [0.1, 0.15) is 11.7 Å². The molecule has 0 saturated carbocycles. The van der Waals surface area contributed by atoms with Crippen molar-refractivity contribution in [2.75, 3.05) is 26.1 Å². The highest BCUT2D eigenvalue weighted by Crippen LogP contribution is 2.30. The normalized spacial score (nSPS) is 12.1. The first-order valence-corrected chi connectivity index (χ1v) is 8.16. The molecule has 0 aliphatic rings. The number of ether oxygens (including phenoxy) is 2. The van der Waals surface area contributed by atoms with Crippen molar-refractivity contribution < 1.29 is 19.5 Å². The molecule has 3 rings (SSSR count). The molecular weight excluding hydrogens is 348 g/mol. The summed E-state index contributed by atoms with van der Waals surface area (Å²) in [4.78, 5) is 15.5. The molecule has 2 heterocycles. The summed E-state index contributed by atoms with van der Waals surface area (Å²) in [7, 11) is 3.04. The van der Waals surface area contributed by atoms with Crippen molar-refractivity contribution in [3.05, 3.63) is 45.5 Å². The molecule has 2 N–H and O–H groups in total. The van der Waals surface area contributed by atoms with Crippen LogP contribution in [0.25, 0.3) is 4.96 Å². The third-order valence-corrected chi connectivity index (χ3v) is 4.39. The molecule has 1 aromatic carbocycles. The number of rotatable bonds is 7. The Morgan fingerprint density at radius 3 is 2.64 bits per heavy atom. The maximum Gasteiger partial charge on any atom is 0.372 e. The lowest BCUT2D eigenvalue weighted by Gasteiger charge is -2.14. The molecule has 2 aromatic heterocycles. The van der Waals surface area contributed by atoms with E-state index in [2.05, 4.69) is 10.3 Å². The molecule has 0 aliphatic heterocycles. The monoisotopic (exact) mass is 364 g/mol. The van der Waals surface area contributed by atoms with Gasteiger partial charge in [0.15, 0.2) is 0 Å². The molecule has 0 radical (unpaired) electrons. The number of nitro groups is 1. The van der Waals surface area contributed by atoms with E-state index in [9.17, 15) is 15.2 Å². The number of imidazole rings is 1. The summed E-state index contributed by atoms with van der Waals surface area (Å²) >= 11 is 1.29. The van der Waals surface area contributed by atoms with E-state index in [4.69, 9.17) is 9.47 Å². The van der Waals surface area contributed by atoms with E-state index >= 15 is 0 Å². The summed E-state index contributed by atoms with van der Waals surface area (Å²) in [6, 6.07) is 5.04. The number of thiazole rings is 1. The molecule has 0 fully saturated rings. The lowest BCUT2D eigenvalue weighted by atomic mass is 10.1. The molecule has 25 heavy (non-hydrogen) atoms. The largest absolute Gasteiger partial charge is 0.497 e. The summed E-state index contributed by atoms with van der Waals surface area (Å²) in [6.07, 6.45) is 0.656. The molecule has 10 heteroatoms. The van der Waals surface area contributed by atoms with Crippen molar-refractivity contribution in [1.82, 2.24) is 9.38 Å². The first-order valence-electron chi connectivity index (χ1n) is 7.28. The van der Waals surface area contributed by atoms with Crippen molar-refractivity contribution in [3.8, 4) is 11.5 Å². The van der Waals surface area contributed by atoms with E-state index in [-0.39, 0.29) is 18.2 Å². The molecular formula is C15H16N4O5S. The number of fused-ring (bicyclic) bond motifs is 1. The van der Waals surface area contributed by atoms with Gasteiger partial charge in [0.25, 0.3) is 4.96 Å². The van der Waals surface area contributed by atoms with Gasteiger partial charge in [-0.3, -0.25) is 0 Å². The standard InChI is InChI=1S/C15H16N4O5S/c1-23-10-5-9(6-11(7-10)24-2)12(20)8-16-13-14(19(21)22)18-3-4-25-15(18)17-13/h3-7,12,16,20H,8H2,1-2H3. The Labute approximate surface area is 146 Å². The Morgan fingerprint density at radius 2 is 2.04 bits per heavy atom. The van der Waals surface area contributed by atoms with Gasteiger partial charge in [0.1, 0.15) is 17.7 Å². The molecule has 0 spiro atoms. The Morgan fingerprint density at radius 1 is 1.36 bits per heavy atom. The second-order valence-corrected chi connectivity index (χ2v) is 6.01. The summed E-state index contributed by atoms with van der Waals surface area (Å²) in [5, 5.41) is 26.3.